The topological polar surface area (TPSA) is 82.5 Å². The number of nitrogens with zero attached hydrogens (tertiary/aromatic N) is 2. The third kappa shape index (κ3) is 3.89. The van der Waals surface area contributed by atoms with Gasteiger partial charge in [0.15, 0.2) is 6.29 Å². The molecule has 0 saturated heterocycles. The van der Waals surface area contributed by atoms with Crippen molar-refractivity contribution >= 4 is 5.91 Å². The summed E-state index contributed by atoms with van der Waals surface area (Å²) >= 11 is 0. The van der Waals surface area contributed by atoms with Crippen LogP contribution in [0.4, 0.5) is 0 Å². The molecule has 1 saturated carbocycles. The molecule has 2 rings (SSSR count). The molecule has 7 heteroatoms. The van der Waals surface area contributed by atoms with Crippen molar-refractivity contribution in [3.05, 3.63) is 28.2 Å². The van der Waals surface area contributed by atoms with E-state index in [1.54, 1.807) is 13.0 Å². The Morgan fingerprint density at radius 1 is 1.43 bits per heavy atom. The van der Waals surface area contributed by atoms with Gasteiger partial charge in [0.2, 0.25) is 5.91 Å². The van der Waals surface area contributed by atoms with Crippen molar-refractivity contribution < 1.29 is 14.3 Å². The van der Waals surface area contributed by atoms with E-state index in [1.165, 1.54) is 25.0 Å². The molecule has 1 amide bonds. The largest absolute Gasteiger partial charge is 0.354 e. The zero-order valence-electron chi connectivity index (χ0n) is 12.5. The first-order valence-corrected chi connectivity index (χ1v) is 7.00. The zero-order chi connectivity index (χ0) is 15.4. The van der Waals surface area contributed by atoms with Crippen LogP contribution in [-0.4, -0.2) is 42.7 Å². The Bertz CT molecular complexity index is 549. The van der Waals surface area contributed by atoms with Crippen LogP contribution in [0.15, 0.2) is 16.9 Å². The van der Waals surface area contributed by atoms with Crippen LogP contribution in [0.2, 0.25) is 0 Å². The number of methoxy groups -OCH3 is 2. The molecule has 1 aliphatic rings. The fourth-order valence-corrected chi connectivity index (χ4v) is 2.02. The molecule has 0 bridgehead atoms. The number of ether oxygens (including phenoxy) is 2. The Morgan fingerprint density at radius 3 is 2.67 bits per heavy atom. The number of amides is 1. The van der Waals surface area contributed by atoms with E-state index < -0.39 is 12.3 Å². The summed E-state index contributed by atoms with van der Waals surface area (Å²) < 4.78 is 11.2. The highest BCUT2D eigenvalue weighted by molar-refractivity contribution is 5.79. The van der Waals surface area contributed by atoms with Crippen molar-refractivity contribution in [2.24, 2.45) is 0 Å². The van der Waals surface area contributed by atoms with Crippen molar-refractivity contribution in [2.75, 3.05) is 20.8 Å². The second-order valence-electron chi connectivity index (χ2n) is 5.14. The van der Waals surface area contributed by atoms with Crippen molar-refractivity contribution in [1.29, 1.82) is 0 Å². The van der Waals surface area contributed by atoms with Crippen LogP contribution >= 0.6 is 0 Å². The number of carbonyl (C=O) groups excluding carboxylic acids is 1. The maximum Gasteiger partial charge on any atom is 0.267 e. The minimum absolute atomic E-state index is 0.216. The summed E-state index contributed by atoms with van der Waals surface area (Å²) in [6.07, 6.45) is 1.67. The van der Waals surface area contributed by atoms with Gasteiger partial charge in [-0.1, -0.05) is 0 Å². The number of aromatic nitrogens is 2. The van der Waals surface area contributed by atoms with Gasteiger partial charge >= 0.3 is 0 Å². The Morgan fingerprint density at radius 2 is 2.10 bits per heavy atom. The van der Waals surface area contributed by atoms with Gasteiger partial charge in [-0.2, -0.15) is 5.10 Å². The first-order valence-electron chi connectivity index (χ1n) is 7.00. The van der Waals surface area contributed by atoms with Crippen LogP contribution in [0.3, 0.4) is 0 Å². The van der Waals surface area contributed by atoms with Gasteiger partial charge in [-0.05, 0) is 25.8 Å². The lowest BCUT2D eigenvalue weighted by atomic mass is 10.2. The fraction of sp³-hybridized carbons (Fsp3) is 0.643. The Hall–Kier alpha value is -1.73. The molecule has 0 spiro atoms. The van der Waals surface area contributed by atoms with Gasteiger partial charge in [0.1, 0.15) is 6.04 Å². The van der Waals surface area contributed by atoms with Gasteiger partial charge in [0, 0.05) is 26.2 Å². The number of rotatable bonds is 7. The van der Waals surface area contributed by atoms with Crippen molar-refractivity contribution in [1.82, 2.24) is 15.1 Å². The quantitative estimate of drug-likeness (QED) is 0.737. The molecule has 1 atom stereocenters. The van der Waals surface area contributed by atoms with Crippen LogP contribution in [0, 0.1) is 0 Å². The van der Waals surface area contributed by atoms with E-state index in [4.69, 9.17) is 9.47 Å². The summed E-state index contributed by atoms with van der Waals surface area (Å²) in [6, 6.07) is 2.54. The molecule has 1 heterocycles. The molecule has 1 fully saturated rings. The molecule has 7 nitrogen and oxygen atoms in total. The summed E-state index contributed by atoms with van der Waals surface area (Å²) in [5.74, 6) is 0.134. The smallest absolute Gasteiger partial charge is 0.267 e. The van der Waals surface area contributed by atoms with Crippen LogP contribution in [0.25, 0.3) is 0 Å². The molecular weight excluding hydrogens is 274 g/mol. The van der Waals surface area contributed by atoms with Gasteiger partial charge in [0.25, 0.3) is 5.56 Å². The predicted molar refractivity (Wildman–Crippen MR) is 76.0 cm³/mol. The third-order valence-corrected chi connectivity index (χ3v) is 3.56. The molecule has 1 aliphatic carbocycles. The number of hydrogen-bond acceptors (Lipinski definition) is 5. The standard InChI is InChI=1S/C14H21N3O4/c1-9(14(19)15-8-13(20-2)21-3)17-12(18)7-6-11(16-17)10-4-5-10/h6-7,9-10,13H,4-5,8H2,1-3H3,(H,15,19). The molecule has 1 N–H and O–H groups in total. The lowest BCUT2D eigenvalue weighted by Crippen LogP contribution is -2.41. The maximum absolute atomic E-state index is 12.1. The van der Waals surface area contributed by atoms with Crippen molar-refractivity contribution in [3.8, 4) is 0 Å². The molecule has 21 heavy (non-hydrogen) atoms. The Kier molecular flexibility index (Phi) is 5.08. The fourth-order valence-electron chi connectivity index (χ4n) is 2.02. The van der Waals surface area contributed by atoms with Crippen LogP contribution in [0.1, 0.15) is 37.4 Å². The highest BCUT2D eigenvalue weighted by atomic mass is 16.7. The van der Waals surface area contributed by atoms with Gasteiger partial charge in [-0.25, -0.2) is 4.68 Å². The monoisotopic (exact) mass is 295 g/mol. The van der Waals surface area contributed by atoms with E-state index in [0.717, 1.165) is 18.5 Å². The maximum atomic E-state index is 12.1. The van der Waals surface area contributed by atoms with Gasteiger partial charge in [-0.15, -0.1) is 0 Å². The predicted octanol–water partition coefficient (Wildman–Crippen LogP) is 0.417. The van der Waals surface area contributed by atoms with Gasteiger partial charge in [0.05, 0.1) is 12.2 Å². The first-order chi connectivity index (χ1) is 10.1. The number of hydrogen-bond donors (Lipinski definition) is 1. The second-order valence-corrected chi connectivity index (χ2v) is 5.14. The van der Waals surface area contributed by atoms with E-state index >= 15 is 0 Å². The molecule has 0 radical (unpaired) electrons. The highest BCUT2D eigenvalue weighted by Gasteiger charge is 2.27. The molecule has 1 aromatic rings. The Balaban J connectivity index is 2.04. The van der Waals surface area contributed by atoms with Crippen molar-refractivity contribution in [3.63, 3.8) is 0 Å². The summed E-state index contributed by atoms with van der Waals surface area (Å²) in [6.45, 7) is 1.86. The summed E-state index contributed by atoms with van der Waals surface area (Å²) in [5, 5.41) is 6.99. The normalized spacial score (nSPS) is 16.0. The lowest BCUT2D eigenvalue weighted by Gasteiger charge is -2.17. The van der Waals surface area contributed by atoms with E-state index in [2.05, 4.69) is 10.4 Å². The Labute approximate surface area is 123 Å². The molecule has 116 valence electrons. The van der Waals surface area contributed by atoms with E-state index in [-0.39, 0.29) is 18.0 Å². The highest BCUT2D eigenvalue weighted by Crippen LogP contribution is 2.38. The van der Waals surface area contributed by atoms with Crippen molar-refractivity contribution in [2.45, 2.75) is 38.0 Å². The molecule has 1 unspecified atom stereocenters. The summed E-state index contributed by atoms with van der Waals surface area (Å²) in [4.78, 5) is 24.0. The molecule has 1 aromatic heterocycles. The van der Waals surface area contributed by atoms with Crippen LogP contribution in [-0.2, 0) is 14.3 Å². The van der Waals surface area contributed by atoms with E-state index in [9.17, 15) is 9.59 Å². The SMILES string of the molecule is COC(CNC(=O)C(C)n1nc(C2CC2)ccc1=O)OC. The lowest BCUT2D eigenvalue weighted by molar-refractivity contribution is -0.130. The molecule has 0 aromatic carbocycles. The van der Waals surface area contributed by atoms with Crippen LogP contribution < -0.4 is 10.9 Å². The average Bonchev–Trinajstić information content (AvgIpc) is 3.32. The minimum Gasteiger partial charge on any atom is -0.354 e. The van der Waals surface area contributed by atoms with E-state index in [1.807, 2.05) is 0 Å². The van der Waals surface area contributed by atoms with E-state index in [0.29, 0.717) is 5.92 Å². The number of nitrogens with one attached hydrogen (secondary N) is 1. The number of carbonyl (C=O) groups is 1. The minimum atomic E-state index is -0.675. The summed E-state index contributed by atoms with van der Waals surface area (Å²) in [7, 11) is 2.99. The van der Waals surface area contributed by atoms with Gasteiger partial charge < -0.3 is 14.8 Å². The first kappa shape index (κ1) is 15.7. The molecular formula is C14H21N3O4. The van der Waals surface area contributed by atoms with Gasteiger partial charge in [-0.3, -0.25) is 9.59 Å². The average molecular weight is 295 g/mol. The third-order valence-electron chi connectivity index (χ3n) is 3.56. The molecule has 0 aliphatic heterocycles. The van der Waals surface area contributed by atoms with Crippen LogP contribution in [0.5, 0.6) is 0 Å². The summed E-state index contributed by atoms with van der Waals surface area (Å²) in [5.41, 5.74) is 0.595. The zero-order valence-corrected chi connectivity index (χ0v) is 12.5. The second kappa shape index (κ2) is 6.82.